The maximum atomic E-state index is 11.3. The Labute approximate surface area is 111 Å². The second-order valence-electron chi connectivity index (χ2n) is 2.75. The van der Waals surface area contributed by atoms with Gasteiger partial charge in [0.15, 0.2) is 0 Å². The first-order chi connectivity index (χ1) is 8.01. The normalized spacial score (nSPS) is 11.3. The Morgan fingerprint density at radius 1 is 1.71 bits per heavy atom. The molecule has 0 aliphatic heterocycles. The Morgan fingerprint density at radius 3 is 2.71 bits per heavy atom. The Balaban J connectivity index is 0.000000557. The van der Waals surface area contributed by atoms with Gasteiger partial charge in [0.1, 0.15) is 4.88 Å². The predicted octanol–water partition coefficient (Wildman–Crippen LogP) is 1.78. The van der Waals surface area contributed by atoms with Gasteiger partial charge >= 0.3 is 5.97 Å². The van der Waals surface area contributed by atoms with E-state index in [4.69, 9.17) is 13.5 Å². The van der Waals surface area contributed by atoms with Gasteiger partial charge in [-0.15, -0.1) is 23.1 Å². The molecule has 1 aromatic heterocycles. The summed E-state index contributed by atoms with van der Waals surface area (Å²) in [5.74, 6) is -0.202. The van der Waals surface area contributed by atoms with Crippen LogP contribution in [0.2, 0.25) is 0 Å². The maximum absolute atomic E-state index is 11.3. The first-order valence-electron chi connectivity index (χ1n) is 4.64. The molecule has 1 rings (SSSR count). The molecule has 0 saturated heterocycles. The quantitative estimate of drug-likeness (QED) is 0.519. The number of ether oxygens (including phenoxy) is 1. The molecule has 0 saturated carbocycles. The minimum atomic E-state index is -2.36. The molecule has 2 N–H and O–H groups in total. The van der Waals surface area contributed by atoms with Crippen LogP contribution in [0.5, 0.6) is 0 Å². The number of hydrogen-bond donors (Lipinski definition) is 1. The van der Waals surface area contributed by atoms with Crippen molar-refractivity contribution in [2.24, 2.45) is 5.14 Å². The summed E-state index contributed by atoms with van der Waals surface area (Å²) < 4.78 is 22.6. The standard InChI is InChI=1S/C9H12O2S2.H3NO2S/c1-3-4-11-9(10)8-5-7(12-2)6-13-8;1-4(2)3/h5-6H,3-4H2,1-2H3;1H2,(H,2,3)/p-1. The van der Waals surface area contributed by atoms with E-state index in [1.54, 1.807) is 11.8 Å². The van der Waals surface area contributed by atoms with Gasteiger partial charge in [-0.05, 0) is 18.7 Å². The number of rotatable bonds is 4. The van der Waals surface area contributed by atoms with Crippen molar-refractivity contribution in [3.8, 4) is 0 Å². The molecule has 0 radical (unpaired) electrons. The molecule has 1 unspecified atom stereocenters. The SMILES string of the molecule is CCCOC(=O)c1cc(SC)cs1.NS(=O)[O-]. The number of nitrogens with two attached hydrogens (primary N) is 1. The van der Waals surface area contributed by atoms with Crippen LogP contribution >= 0.6 is 23.1 Å². The smallest absolute Gasteiger partial charge is 0.348 e. The predicted molar refractivity (Wildman–Crippen MR) is 69.8 cm³/mol. The molecule has 0 spiro atoms. The van der Waals surface area contributed by atoms with Crippen LogP contribution < -0.4 is 5.14 Å². The highest BCUT2D eigenvalue weighted by molar-refractivity contribution is 7.98. The average molecular weight is 296 g/mol. The van der Waals surface area contributed by atoms with E-state index >= 15 is 0 Å². The minimum absolute atomic E-state index is 0.202. The van der Waals surface area contributed by atoms with Crippen LogP contribution in [-0.2, 0) is 16.0 Å². The number of esters is 1. The lowest BCUT2D eigenvalue weighted by Gasteiger charge is -1.98. The van der Waals surface area contributed by atoms with Crippen LogP contribution in [0, 0.1) is 0 Å². The highest BCUT2D eigenvalue weighted by atomic mass is 32.2. The topological polar surface area (TPSA) is 92.5 Å². The van der Waals surface area contributed by atoms with Crippen molar-refractivity contribution < 1.29 is 18.3 Å². The zero-order valence-electron chi connectivity index (χ0n) is 9.50. The largest absolute Gasteiger partial charge is 0.760 e. The Morgan fingerprint density at radius 2 is 2.29 bits per heavy atom. The van der Waals surface area contributed by atoms with E-state index in [0.717, 1.165) is 11.3 Å². The molecule has 0 aromatic carbocycles. The van der Waals surface area contributed by atoms with Crippen molar-refractivity contribution in [3.63, 3.8) is 0 Å². The molecule has 98 valence electrons. The lowest BCUT2D eigenvalue weighted by atomic mass is 10.4. The molecule has 1 heterocycles. The Hall–Kier alpha value is -0.410. The summed E-state index contributed by atoms with van der Waals surface area (Å²) in [6, 6.07) is 1.87. The van der Waals surface area contributed by atoms with E-state index < -0.39 is 11.3 Å². The van der Waals surface area contributed by atoms with Gasteiger partial charge in [-0.1, -0.05) is 6.92 Å². The number of hydrogen-bond acceptors (Lipinski definition) is 6. The van der Waals surface area contributed by atoms with Gasteiger partial charge in [-0.2, -0.15) is 0 Å². The molecule has 1 atom stereocenters. The molecule has 8 heteroatoms. The van der Waals surface area contributed by atoms with Gasteiger partial charge in [0.05, 0.1) is 6.61 Å². The molecule has 1 aromatic rings. The fraction of sp³-hybridized carbons (Fsp3) is 0.444. The Bertz CT molecular complexity index is 363. The van der Waals surface area contributed by atoms with Crippen LogP contribution in [0.1, 0.15) is 23.0 Å². The summed E-state index contributed by atoms with van der Waals surface area (Å²) in [5, 5.41) is 5.99. The van der Waals surface area contributed by atoms with Gasteiger partial charge in [-0.25, -0.2) is 4.79 Å². The number of thioether (sulfide) groups is 1. The zero-order valence-corrected chi connectivity index (χ0v) is 12.0. The Kier molecular flexibility index (Phi) is 9.37. The van der Waals surface area contributed by atoms with Gasteiger partial charge in [0.25, 0.3) is 0 Å². The first kappa shape index (κ1) is 16.6. The highest BCUT2D eigenvalue weighted by Crippen LogP contribution is 2.23. The molecule has 0 aliphatic carbocycles. The lowest BCUT2D eigenvalue weighted by molar-refractivity contribution is 0.0510. The lowest BCUT2D eigenvalue weighted by Crippen LogP contribution is -2.03. The van der Waals surface area contributed by atoms with Gasteiger partial charge < -0.3 is 9.29 Å². The van der Waals surface area contributed by atoms with Crippen molar-refractivity contribution in [1.82, 2.24) is 0 Å². The molecule has 0 amide bonds. The molecule has 0 bridgehead atoms. The summed E-state index contributed by atoms with van der Waals surface area (Å²) in [6.45, 7) is 2.49. The summed E-state index contributed by atoms with van der Waals surface area (Å²) in [6.07, 6.45) is 2.86. The number of thiophene rings is 1. The van der Waals surface area contributed by atoms with Crippen molar-refractivity contribution in [3.05, 3.63) is 16.3 Å². The third kappa shape index (κ3) is 8.33. The fourth-order valence-corrected chi connectivity index (χ4v) is 2.30. The number of carbonyl (C=O) groups is 1. The van der Waals surface area contributed by atoms with E-state index in [0.29, 0.717) is 11.5 Å². The molecule has 0 aliphatic rings. The highest BCUT2D eigenvalue weighted by Gasteiger charge is 2.09. The van der Waals surface area contributed by atoms with Crippen LogP contribution in [0.25, 0.3) is 0 Å². The van der Waals surface area contributed by atoms with Crippen LogP contribution in [-0.4, -0.2) is 27.6 Å². The second-order valence-corrected chi connectivity index (χ2v) is 5.06. The zero-order chi connectivity index (χ0) is 13.3. The molecule has 5 nitrogen and oxygen atoms in total. The van der Waals surface area contributed by atoms with Crippen molar-refractivity contribution in [2.45, 2.75) is 18.2 Å². The van der Waals surface area contributed by atoms with Gasteiger partial charge in [0.2, 0.25) is 0 Å². The van der Waals surface area contributed by atoms with Crippen molar-refractivity contribution in [2.75, 3.05) is 12.9 Å². The summed E-state index contributed by atoms with van der Waals surface area (Å²) in [5.41, 5.74) is 0. The van der Waals surface area contributed by atoms with Crippen LogP contribution in [0.4, 0.5) is 0 Å². The summed E-state index contributed by atoms with van der Waals surface area (Å²) in [7, 11) is 0. The van der Waals surface area contributed by atoms with Crippen LogP contribution in [0.3, 0.4) is 0 Å². The van der Waals surface area contributed by atoms with E-state index in [1.165, 1.54) is 11.3 Å². The van der Waals surface area contributed by atoms with E-state index in [9.17, 15) is 4.79 Å². The van der Waals surface area contributed by atoms with E-state index in [-0.39, 0.29) is 5.97 Å². The van der Waals surface area contributed by atoms with E-state index in [1.807, 2.05) is 24.6 Å². The first-order valence-corrected chi connectivity index (χ1v) is 7.88. The third-order valence-electron chi connectivity index (χ3n) is 1.45. The molecule has 0 fully saturated rings. The van der Waals surface area contributed by atoms with Crippen molar-refractivity contribution in [1.29, 1.82) is 0 Å². The van der Waals surface area contributed by atoms with Gasteiger partial charge in [-0.3, -0.25) is 9.35 Å². The fourth-order valence-electron chi connectivity index (χ4n) is 0.799. The average Bonchev–Trinajstić information content (AvgIpc) is 2.73. The second kappa shape index (κ2) is 9.60. The minimum Gasteiger partial charge on any atom is -0.760 e. The summed E-state index contributed by atoms with van der Waals surface area (Å²) in [4.78, 5) is 13.1. The molecule has 17 heavy (non-hydrogen) atoms. The summed E-state index contributed by atoms with van der Waals surface area (Å²) >= 11 is 0.710. The monoisotopic (exact) mass is 296 g/mol. The van der Waals surface area contributed by atoms with Gasteiger partial charge in [0, 0.05) is 21.5 Å². The molecular formula is C9H14NO4S3-. The maximum Gasteiger partial charge on any atom is 0.348 e. The third-order valence-corrected chi connectivity index (χ3v) is 3.22. The van der Waals surface area contributed by atoms with Crippen molar-refractivity contribution >= 4 is 40.3 Å². The molecular weight excluding hydrogens is 282 g/mol. The van der Waals surface area contributed by atoms with E-state index in [2.05, 4.69) is 5.14 Å². The van der Waals surface area contributed by atoms with Crippen LogP contribution in [0.15, 0.2) is 16.3 Å². The number of carbonyl (C=O) groups excluding carboxylic acids is 1.